The molecule has 82 valence electrons. The predicted molar refractivity (Wildman–Crippen MR) is 59.3 cm³/mol. The maximum Gasteiger partial charge on any atom is 0.237 e. The summed E-state index contributed by atoms with van der Waals surface area (Å²) < 4.78 is 24.1. The van der Waals surface area contributed by atoms with Gasteiger partial charge in [0.15, 0.2) is 5.65 Å². The Kier molecular flexibility index (Phi) is 2.40. The molecule has 0 aliphatic rings. The first-order valence-electron chi connectivity index (χ1n) is 4.56. The zero-order valence-corrected chi connectivity index (χ0v) is 9.40. The number of pyridine rings is 1. The van der Waals surface area contributed by atoms with Gasteiger partial charge in [0.2, 0.25) is 10.0 Å². The lowest BCUT2D eigenvalue weighted by Gasteiger charge is -1.99. The number of nitrogens with zero attached hydrogens (tertiary/aromatic N) is 3. The lowest BCUT2D eigenvalue weighted by molar-refractivity contribution is 0.594. The van der Waals surface area contributed by atoms with E-state index in [1.807, 2.05) is 6.07 Å². The Hall–Kier alpha value is -1.87. The van der Waals surface area contributed by atoms with Gasteiger partial charge in [0.1, 0.15) is 0 Å². The van der Waals surface area contributed by atoms with Gasteiger partial charge in [-0.05, 0) is 17.7 Å². The molecule has 2 heterocycles. The molecule has 0 radical (unpaired) electrons. The molecule has 0 aliphatic carbocycles. The van der Waals surface area contributed by atoms with Gasteiger partial charge in [0.25, 0.3) is 0 Å². The normalized spacial score (nSPS) is 11.5. The SMILES string of the molecule is CS(=O)(=O)n1cc(CC#N)c2cccnc21. The molecule has 0 spiro atoms. The third kappa shape index (κ3) is 1.66. The molecule has 0 fully saturated rings. The topological polar surface area (TPSA) is 75.8 Å². The van der Waals surface area contributed by atoms with Crippen LogP contribution in [0.4, 0.5) is 0 Å². The van der Waals surface area contributed by atoms with Gasteiger partial charge in [-0.1, -0.05) is 0 Å². The number of hydrogen-bond acceptors (Lipinski definition) is 4. The monoisotopic (exact) mass is 235 g/mol. The van der Waals surface area contributed by atoms with Gasteiger partial charge in [-0.3, -0.25) is 0 Å². The molecule has 0 saturated carbocycles. The second kappa shape index (κ2) is 3.61. The van der Waals surface area contributed by atoms with Gasteiger partial charge in [-0.2, -0.15) is 5.26 Å². The Morgan fingerprint density at radius 2 is 2.31 bits per heavy atom. The van der Waals surface area contributed by atoms with Gasteiger partial charge in [-0.15, -0.1) is 0 Å². The van der Waals surface area contributed by atoms with Crippen LogP contribution in [0.3, 0.4) is 0 Å². The average Bonchev–Trinajstić information content (AvgIpc) is 2.58. The third-order valence-corrected chi connectivity index (χ3v) is 3.23. The van der Waals surface area contributed by atoms with Crippen molar-refractivity contribution in [1.29, 1.82) is 5.26 Å². The predicted octanol–water partition coefficient (Wildman–Crippen LogP) is 0.910. The number of fused-ring (bicyclic) bond motifs is 1. The molecule has 0 N–H and O–H groups in total. The number of nitriles is 1. The zero-order chi connectivity index (χ0) is 11.8. The van der Waals surface area contributed by atoms with Gasteiger partial charge in [-0.25, -0.2) is 17.4 Å². The second-order valence-corrected chi connectivity index (χ2v) is 5.28. The molecule has 0 atom stereocenters. The quantitative estimate of drug-likeness (QED) is 0.775. The van der Waals surface area contributed by atoms with Crippen LogP contribution < -0.4 is 0 Å². The highest BCUT2D eigenvalue weighted by atomic mass is 32.2. The largest absolute Gasteiger partial charge is 0.237 e. The summed E-state index contributed by atoms with van der Waals surface area (Å²) >= 11 is 0. The van der Waals surface area contributed by atoms with Crippen molar-refractivity contribution in [2.75, 3.05) is 6.26 Å². The minimum atomic E-state index is -3.38. The van der Waals surface area contributed by atoms with Crippen molar-refractivity contribution in [3.05, 3.63) is 30.1 Å². The van der Waals surface area contributed by atoms with Crippen molar-refractivity contribution in [3.8, 4) is 6.07 Å². The molecule has 5 nitrogen and oxygen atoms in total. The fraction of sp³-hybridized carbons (Fsp3) is 0.200. The fourth-order valence-electron chi connectivity index (χ4n) is 1.57. The first-order valence-corrected chi connectivity index (χ1v) is 6.41. The Morgan fingerprint density at radius 3 is 2.94 bits per heavy atom. The van der Waals surface area contributed by atoms with E-state index in [1.54, 1.807) is 12.1 Å². The first-order chi connectivity index (χ1) is 7.54. The van der Waals surface area contributed by atoms with Crippen LogP contribution in [-0.2, 0) is 16.4 Å². The molecule has 0 aliphatic heterocycles. The molecule has 2 rings (SSSR count). The molecule has 0 saturated heterocycles. The van der Waals surface area contributed by atoms with E-state index >= 15 is 0 Å². The maximum atomic E-state index is 11.5. The van der Waals surface area contributed by atoms with Crippen molar-refractivity contribution in [2.45, 2.75) is 6.42 Å². The number of hydrogen-bond donors (Lipinski definition) is 0. The van der Waals surface area contributed by atoms with Crippen molar-refractivity contribution in [1.82, 2.24) is 8.96 Å². The molecule has 0 amide bonds. The van der Waals surface area contributed by atoms with Crippen LogP contribution in [0.2, 0.25) is 0 Å². The van der Waals surface area contributed by atoms with Crippen LogP contribution in [0.5, 0.6) is 0 Å². The summed E-state index contributed by atoms with van der Waals surface area (Å²) in [5.74, 6) is 0. The second-order valence-electron chi connectivity index (χ2n) is 3.42. The first kappa shape index (κ1) is 10.6. The van der Waals surface area contributed by atoms with Crippen LogP contribution in [0.15, 0.2) is 24.5 Å². The van der Waals surface area contributed by atoms with E-state index in [4.69, 9.17) is 5.26 Å². The summed E-state index contributed by atoms with van der Waals surface area (Å²) in [7, 11) is -3.38. The lowest BCUT2D eigenvalue weighted by atomic mass is 10.2. The molecule has 6 heteroatoms. The summed E-state index contributed by atoms with van der Waals surface area (Å²) in [6, 6.07) is 5.48. The fourth-order valence-corrected chi connectivity index (χ4v) is 2.35. The summed E-state index contributed by atoms with van der Waals surface area (Å²) in [4.78, 5) is 4.02. The number of rotatable bonds is 2. The minimum absolute atomic E-state index is 0.171. The Bertz CT molecular complexity index is 680. The van der Waals surface area contributed by atoms with E-state index in [0.29, 0.717) is 16.6 Å². The molecular formula is C10H9N3O2S. The van der Waals surface area contributed by atoms with Gasteiger partial charge >= 0.3 is 0 Å². The number of aromatic nitrogens is 2. The van der Waals surface area contributed by atoms with E-state index < -0.39 is 10.0 Å². The average molecular weight is 235 g/mol. The van der Waals surface area contributed by atoms with E-state index in [0.717, 1.165) is 10.2 Å². The summed E-state index contributed by atoms with van der Waals surface area (Å²) in [6.45, 7) is 0. The van der Waals surface area contributed by atoms with Crippen molar-refractivity contribution < 1.29 is 8.42 Å². The van der Waals surface area contributed by atoms with Crippen molar-refractivity contribution >= 4 is 21.1 Å². The van der Waals surface area contributed by atoms with E-state index in [1.165, 1.54) is 12.4 Å². The van der Waals surface area contributed by atoms with Crippen LogP contribution >= 0.6 is 0 Å². The van der Waals surface area contributed by atoms with Crippen molar-refractivity contribution in [3.63, 3.8) is 0 Å². The van der Waals surface area contributed by atoms with Gasteiger partial charge < -0.3 is 0 Å². The van der Waals surface area contributed by atoms with Crippen molar-refractivity contribution in [2.24, 2.45) is 0 Å². The Morgan fingerprint density at radius 1 is 1.56 bits per heavy atom. The third-order valence-electron chi connectivity index (χ3n) is 2.24. The van der Waals surface area contributed by atoms with Crippen LogP contribution in [0.25, 0.3) is 11.0 Å². The molecule has 2 aromatic rings. The summed E-state index contributed by atoms with van der Waals surface area (Å²) in [5.41, 5.74) is 1.05. The maximum absolute atomic E-state index is 11.5. The molecule has 0 unspecified atom stereocenters. The molecule has 0 aromatic carbocycles. The Labute approximate surface area is 93.0 Å². The summed E-state index contributed by atoms with van der Waals surface area (Å²) in [6.07, 6.45) is 4.26. The highest BCUT2D eigenvalue weighted by Crippen LogP contribution is 2.20. The molecule has 0 bridgehead atoms. The zero-order valence-electron chi connectivity index (χ0n) is 8.58. The molecule has 2 aromatic heterocycles. The highest BCUT2D eigenvalue weighted by molar-refractivity contribution is 7.89. The van der Waals surface area contributed by atoms with Gasteiger partial charge in [0.05, 0.1) is 18.7 Å². The van der Waals surface area contributed by atoms with E-state index in [9.17, 15) is 8.42 Å². The molecule has 16 heavy (non-hydrogen) atoms. The van der Waals surface area contributed by atoms with E-state index in [2.05, 4.69) is 4.98 Å². The highest BCUT2D eigenvalue weighted by Gasteiger charge is 2.14. The summed E-state index contributed by atoms with van der Waals surface area (Å²) in [5, 5.41) is 9.37. The Balaban J connectivity index is 2.83. The van der Waals surface area contributed by atoms with Crippen LogP contribution in [0, 0.1) is 11.3 Å². The standard InChI is InChI=1S/C10H9N3O2S/c1-16(14,15)13-7-8(4-5-11)9-3-2-6-12-10(9)13/h2-3,6-7H,4H2,1H3. The lowest BCUT2D eigenvalue weighted by Crippen LogP contribution is -2.08. The van der Waals surface area contributed by atoms with Crippen LogP contribution in [-0.4, -0.2) is 23.6 Å². The van der Waals surface area contributed by atoms with E-state index in [-0.39, 0.29) is 6.42 Å². The minimum Gasteiger partial charge on any atom is -0.237 e. The van der Waals surface area contributed by atoms with Crippen LogP contribution in [0.1, 0.15) is 5.56 Å². The smallest absolute Gasteiger partial charge is 0.237 e. The van der Waals surface area contributed by atoms with Gasteiger partial charge in [0, 0.05) is 17.8 Å². The molecular weight excluding hydrogens is 226 g/mol.